The number of carbonyl (C=O) groups is 1. The van der Waals surface area contributed by atoms with Gasteiger partial charge in [-0.2, -0.15) is 0 Å². The van der Waals surface area contributed by atoms with Crippen LogP contribution in [0.5, 0.6) is 0 Å². The molecule has 16 heavy (non-hydrogen) atoms. The highest BCUT2D eigenvalue weighted by molar-refractivity contribution is 5.79. The molecule has 1 amide bonds. The summed E-state index contributed by atoms with van der Waals surface area (Å²) in [6.45, 7) is 4.41. The van der Waals surface area contributed by atoms with Crippen molar-refractivity contribution in [3.63, 3.8) is 0 Å². The molecule has 1 heterocycles. The molecular formula is C11H17N3O2. The number of aromatic nitrogens is 1. The number of carbonyl (C=O) groups excluding carboxylic acids is 1. The standard InChI is InChI=1S/C11H17N3O2/c1-3-14(7-10(12)16)11-5-4-9(6-13-11)8(2)15/h4-6,8,15H,3,7H2,1-2H3,(H2,12,16). The Balaban J connectivity index is 2.82. The summed E-state index contributed by atoms with van der Waals surface area (Å²) < 4.78 is 0. The van der Waals surface area contributed by atoms with E-state index in [-0.39, 0.29) is 12.5 Å². The third-order valence-corrected chi connectivity index (χ3v) is 2.31. The molecule has 1 atom stereocenters. The summed E-state index contributed by atoms with van der Waals surface area (Å²) in [6, 6.07) is 3.56. The molecule has 0 saturated carbocycles. The Morgan fingerprint density at radius 3 is 2.69 bits per heavy atom. The van der Waals surface area contributed by atoms with E-state index < -0.39 is 6.10 Å². The number of primary amides is 1. The Bertz CT molecular complexity index is 349. The van der Waals surface area contributed by atoms with Crippen molar-refractivity contribution in [2.24, 2.45) is 5.73 Å². The molecule has 0 aliphatic carbocycles. The Hall–Kier alpha value is -1.62. The number of hydrogen-bond acceptors (Lipinski definition) is 4. The quantitative estimate of drug-likeness (QED) is 0.759. The summed E-state index contributed by atoms with van der Waals surface area (Å²) in [6.07, 6.45) is 1.07. The predicted molar refractivity (Wildman–Crippen MR) is 62.0 cm³/mol. The minimum atomic E-state index is -0.534. The van der Waals surface area contributed by atoms with Gasteiger partial charge in [-0.15, -0.1) is 0 Å². The number of nitrogens with two attached hydrogens (primary N) is 1. The van der Waals surface area contributed by atoms with Gasteiger partial charge in [0, 0.05) is 12.7 Å². The molecule has 1 rings (SSSR count). The van der Waals surface area contributed by atoms with Crippen LogP contribution in [-0.4, -0.2) is 29.1 Å². The molecule has 0 aliphatic heterocycles. The van der Waals surface area contributed by atoms with Crippen molar-refractivity contribution in [2.75, 3.05) is 18.0 Å². The summed E-state index contributed by atoms with van der Waals surface area (Å²) in [4.78, 5) is 16.8. The van der Waals surface area contributed by atoms with Gasteiger partial charge in [-0.25, -0.2) is 4.98 Å². The number of hydrogen-bond donors (Lipinski definition) is 2. The lowest BCUT2D eigenvalue weighted by molar-refractivity contribution is -0.116. The third kappa shape index (κ3) is 3.20. The second-order valence-electron chi connectivity index (χ2n) is 3.61. The molecule has 3 N–H and O–H groups in total. The Kier molecular flexibility index (Phi) is 4.25. The van der Waals surface area contributed by atoms with E-state index in [1.54, 1.807) is 30.2 Å². The molecule has 0 aromatic carbocycles. The molecule has 88 valence electrons. The average molecular weight is 223 g/mol. The van der Waals surface area contributed by atoms with Gasteiger partial charge in [0.2, 0.25) is 5.91 Å². The minimum Gasteiger partial charge on any atom is -0.389 e. The molecule has 5 nitrogen and oxygen atoms in total. The number of aliphatic hydroxyl groups is 1. The maximum atomic E-state index is 10.8. The highest BCUT2D eigenvalue weighted by Crippen LogP contribution is 2.15. The smallest absolute Gasteiger partial charge is 0.236 e. The van der Waals surface area contributed by atoms with Crippen LogP contribution < -0.4 is 10.6 Å². The highest BCUT2D eigenvalue weighted by atomic mass is 16.3. The van der Waals surface area contributed by atoms with Crippen LogP contribution in [0.25, 0.3) is 0 Å². The van der Waals surface area contributed by atoms with Crippen LogP contribution in [0.2, 0.25) is 0 Å². The summed E-state index contributed by atoms with van der Waals surface area (Å²) in [5, 5.41) is 9.33. The fraction of sp³-hybridized carbons (Fsp3) is 0.455. The fourth-order valence-corrected chi connectivity index (χ4v) is 1.37. The van der Waals surface area contributed by atoms with Crippen LogP contribution in [0.1, 0.15) is 25.5 Å². The van der Waals surface area contributed by atoms with Gasteiger partial charge in [0.25, 0.3) is 0 Å². The molecule has 0 bridgehead atoms. The molecule has 5 heteroatoms. The van der Waals surface area contributed by atoms with Crippen LogP contribution in [-0.2, 0) is 4.79 Å². The van der Waals surface area contributed by atoms with Crippen LogP contribution in [0.3, 0.4) is 0 Å². The van der Waals surface area contributed by atoms with Gasteiger partial charge in [-0.05, 0) is 25.5 Å². The largest absolute Gasteiger partial charge is 0.389 e. The number of amides is 1. The summed E-state index contributed by atoms with van der Waals surface area (Å²) in [5.41, 5.74) is 5.88. The van der Waals surface area contributed by atoms with Crippen LogP contribution in [0.4, 0.5) is 5.82 Å². The number of nitrogens with zero attached hydrogens (tertiary/aromatic N) is 2. The molecule has 1 aromatic rings. The zero-order valence-electron chi connectivity index (χ0n) is 9.55. The van der Waals surface area contributed by atoms with Gasteiger partial charge in [-0.3, -0.25) is 4.79 Å². The Morgan fingerprint density at radius 2 is 2.31 bits per heavy atom. The fourth-order valence-electron chi connectivity index (χ4n) is 1.37. The first-order valence-corrected chi connectivity index (χ1v) is 5.21. The summed E-state index contributed by atoms with van der Waals surface area (Å²) in [5.74, 6) is 0.300. The first-order chi connectivity index (χ1) is 7.54. The number of pyridine rings is 1. The molecule has 0 fully saturated rings. The Morgan fingerprint density at radius 1 is 1.62 bits per heavy atom. The van der Waals surface area contributed by atoms with Crippen molar-refractivity contribution in [3.05, 3.63) is 23.9 Å². The predicted octanol–water partition coefficient (Wildman–Crippen LogP) is 0.446. The van der Waals surface area contributed by atoms with Gasteiger partial charge >= 0.3 is 0 Å². The topological polar surface area (TPSA) is 79.5 Å². The first-order valence-electron chi connectivity index (χ1n) is 5.21. The average Bonchev–Trinajstić information content (AvgIpc) is 2.25. The van der Waals surface area contributed by atoms with Crippen molar-refractivity contribution in [1.29, 1.82) is 0 Å². The molecular weight excluding hydrogens is 206 g/mol. The lowest BCUT2D eigenvalue weighted by Gasteiger charge is -2.20. The second kappa shape index (κ2) is 5.46. The number of likely N-dealkylation sites (N-methyl/N-ethyl adjacent to an activating group) is 1. The first kappa shape index (κ1) is 12.4. The van der Waals surface area contributed by atoms with E-state index in [2.05, 4.69) is 4.98 Å². The van der Waals surface area contributed by atoms with Crippen molar-refractivity contribution < 1.29 is 9.90 Å². The van der Waals surface area contributed by atoms with Crippen molar-refractivity contribution >= 4 is 11.7 Å². The number of aliphatic hydroxyl groups excluding tert-OH is 1. The zero-order valence-corrected chi connectivity index (χ0v) is 9.55. The minimum absolute atomic E-state index is 0.150. The molecule has 0 radical (unpaired) electrons. The lowest BCUT2D eigenvalue weighted by atomic mass is 10.2. The third-order valence-electron chi connectivity index (χ3n) is 2.31. The van der Waals surface area contributed by atoms with E-state index >= 15 is 0 Å². The molecule has 0 saturated heterocycles. The maximum Gasteiger partial charge on any atom is 0.236 e. The molecule has 0 spiro atoms. The monoisotopic (exact) mass is 223 g/mol. The molecule has 0 aliphatic rings. The van der Waals surface area contributed by atoms with E-state index in [0.717, 1.165) is 5.56 Å². The van der Waals surface area contributed by atoms with Crippen LogP contribution >= 0.6 is 0 Å². The van der Waals surface area contributed by atoms with Crippen molar-refractivity contribution in [3.8, 4) is 0 Å². The van der Waals surface area contributed by atoms with E-state index in [1.807, 2.05) is 6.92 Å². The van der Waals surface area contributed by atoms with Gasteiger partial charge in [0.05, 0.1) is 12.6 Å². The van der Waals surface area contributed by atoms with Gasteiger partial charge in [-0.1, -0.05) is 6.07 Å². The highest BCUT2D eigenvalue weighted by Gasteiger charge is 2.09. The van der Waals surface area contributed by atoms with Gasteiger partial charge in [0.1, 0.15) is 5.82 Å². The Labute approximate surface area is 94.9 Å². The summed E-state index contributed by atoms with van der Waals surface area (Å²) in [7, 11) is 0. The van der Waals surface area contributed by atoms with E-state index in [0.29, 0.717) is 12.4 Å². The van der Waals surface area contributed by atoms with E-state index in [1.165, 1.54) is 0 Å². The summed E-state index contributed by atoms with van der Waals surface area (Å²) >= 11 is 0. The van der Waals surface area contributed by atoms with Gasteiger partial charge in [0.15, 0.2) is 0 Å². The molecule has 1 aromatic heterocycles. The SMILES string of the molecule is CCN(CC(N)=O)c1ccc(C(C)O)cn1. The number of rotatable bonds is 5. The van der Waals surface area contributed by atoms with Crippen molar-refractivity contribution in [1.82, 2.24) is 4.98 Å². The van der Waals surface area contributed by atoms with Crippen LogP contribution in [0.15, 0.2) is 18.3 Å². The maximum absolute atomic E-state index is 10.8. The molecule has 1 unspecified atom stereocenters. The van der Waals surface area contributed by atoms with Crippen molar-refractivity contribution in [2.45, 2.75) is 20.0 Å². The second-order valence-corrected chi connectivity index (χ2v) is 3.61. The van der Waals surface area contributed by atoms with Crippen LogP contribution in [0, 0.1) is 0 Å². The van der Waals surface area contributed by atoms with Gasteiger partial charge < -0.3 is 15.7 Å². The van der Waals surface area contributed by atoms with E-state index in [9.17, 15) is 9.90 Å². The zero-order chi connectivity index (χ0) is 12.1. The lowest BCUT2D eigenvalue weighted by Crippen LogP contribution is -2.34. The van der Waals surface area contributed by atoms with E-state index in [4.69, 9.17) is 5.73 Å². The normalized spacial score (nSPS) is 12.2. The number of anilines is 1.